The van der Waals surface area contributed by atoms with E-state index in [0.29, 0.717) is 18.0 Å². The number of nitrogens with zero attached hydrogens (tertiary/aromatic N) is 1. The molecule has 2 aromatic rings. The molecular weight excluding hydrogens is 400 g/mol. The average Bonchev–Trinajstić information content (AvgIpc) is 2.73. The van der Waals surface area contributed by atoms with E-state index in [1.54, 1.807) is 24.1 Å². The second-order valence-electron chi connectivity index (χ2n) is 7.42. The summed E-state index contributed by atoms with van der Waals surface area (Å²) in [5.41, 5.74) is 1.76. The lowest BCUT2D eigenvalue weighted by molar-refractivity contribution is -0.141. The Hall–Kier alpha value is -2.53. The largest absolute Gasteiger partial charge is 0.497 e. The lowest BCUT2D eigenvalue weighted by Crippen LogP contribution is -2.51. The first kappa shape index (κ1) is 23.7. The molecule has 2 rings (SSSR count). The first-order valence-corrected chi connectivity index (χ1v) is 10.7. The number of benzene rings is 2. The molecule has 0 aromatic heterocycles. The van der Waals surface area contributed by atoms with Gasteiger partial charge < -0.3 is 15.0 Å². The summed E-state index contributed by atoms with van der Waals surface area (Å²) in [4.78, 5) is 27.9. The monoisotopic (exact) mass is 430 g/mol. The Morgan fingerprint density at radius 3 is 2.33 bits per heavy atom. The Morgan fingerprint density at radius 1 is 1.07 bits per heavy atom. The number of nitrogens with one attached hydrogen (secondary N) is 1. The lowest BCUT2D eigenvalue weighted by atomic mass is 10.1. The third kappa shape index (κ3) is 6.77. The molecule has 0 aliphatic carbocycles. The summed E-state index contributed by atoms with van der Waals surface area (Å²) < 4.78 is 5.22. The molecular formula is C24H31ClN2O3. The van der Waals surface area contributed by atoms with Gasteiger partial charge in [0, 0.05) is 17.6 Å². The number of methoxy groups -OCH3 is 1. The molecule has 0 bridgehead atoms. The highest BCUT2D eigenvalue weighted by Crippen LogP contribution is 2.18. The first-order chi connectivity index (χ1) is 14.4. The molecule has 0 saturated carbocycles. The van der Waals surface area contributed by atoms with Gasteiger partial charge in [-0.15, -0.1) is 0 Å². The van der Waals surface area contributed by atoms with Gasteiger partial charge in [-0.3, -0.25) is 9.59 Å². The van der Waals surface area contributed by atoms with Crippen LogP contribution in [0.25, 0.3) is 0 Å². The Kier molecular flexibility index (Phi) is 9.18. The van der Waals surface area contributed by atoms with E-state index >= 15 is 0 Å². The highest BCUT2D eigenvalue weighted by molar-refractivity contribution is 6.30. The summed E-state index contributed by atoms with van der Waals surface area (Å²) in [6.07, 6.45) is 1.54. The minimum absolute atomic E-state index is 0.0532. The van der Waals surface area contributed by atoms with E-state index in [1.807, 2.05) is 57.2 Å². The van der Waals surface area contributed by atoms with Crippen LogP contribution in [0.1, 0.15) is 44.7 Å². The van der Waals surface area contributed by atoms with Crippen molar-refractivity contribution in [1.29, 1.82) is 0 Å². The molecule has 0 saturated heterocycles. The summed E-state index contributed by atoms with van der Waals surface area (Å²) in [5.74, 6) is 0.510. The lowest BCUT2D eigenvalue weighted by Gasteiger charge is -2.31. The van der Waals surface area contributed by atoms with Crippen LogP contribution in [-0.4, -0.2) is 35.9 Å². The van der Waals surface area contributed by atoms with Crippen LogP contribution in [0.5, 0.6) is 5.75 Å². The molecule has 1 N–H and O–H groups in total. The minimum atomic E-state index is -0.548. The highest BCUT2D eigenvalue weighted by atomic mass is 35.5. The standard InChI is InChI=1S/C24H31ClN2O3/c1-5-17(3)26-24(29)22(6-2)27(16-18-10-12-21(30-4)13-11-18)23(28)15-19-8-7-9-20(25)14-19/h7-14,17,22H,5-6,15-16H2,1-4H3,(H,26,29)/t17-,22-/m1/s1. The van der Waals surface area contributed by atoms with E-state index in [9.17, 15) is 9.59 Å². The van der Waals surface area contributed by atoms with Crippen molar-refractivity contribution in [2.45, 2.75) is 58.7 Å². The van der Waals surface area contributed by atoms with Gasteiger partial charge in [0.2, 0.25) is 11.8 Å². The maximum absolute atomic E-state index is 13.3. The predicted octanol–water partition coefficient (Wildman–Crippen LogP) is 4.61. The highest BCUT2D eigenvalue weighted by Gasteiger charge is 2.29. The van der Waals surface area contributed by atoms with Crippen molar-refractivity contribution in [3.8, 4) is 5.75 Å². The van der Waals surface area contributed by atoms with Crippen LogP contribution in [0.4, 0.5) is 0 Å². The van der Waals surface area contributed by atoms with E-state index < -0.39 is 6.04 Å². The number of halogens is 1. The van der Waals surface area contributed by atoms with Crippen LogP contribution in [0.15, 0.2) is 48.5 Å². The summed E-state index contributed by atoms with van der Waals surface area (Å²) in [6.45, 7) is 6.25. The fourth-order valence-electron chi connectivity index (χ4n) is 3.21. The molecule has 0 unspecified atom stereocenters. The Labute approximate surface area is 184 Å². The minimum Gasteiger partial charge on any atom is -0.497 e. The van der Waals surface area contributed by atoms with Crippen molar-refractivity contribution in [2.75, 3.05) is 7.11 Å². The molecule has 0 heterocycles. The Morgan fingerprint density at radius 2 is 1.77 bits per heavy atom. The van der Waals surface area contributed by atoms with Gasteiger partial charge in [0.1, 0.15) is 11.8 Å². The van der Waals surface area contributed by atoms with Gasteiger partial charge in [0.05, 0.1) is 13.5 Å². The molecule has 2 aromatic carbocycles. The summed E-state index contributed by atoms with van der Waals surface area (Å²) in [7, 11) is 1.61. The van der Waals surface area contributed by atoms with Crippen molar-refractivity contribution in [3.05, 3.63) is 64.7 Å². The fourth-order valence-corrected chi connectivity index (χ4v) is 3.42. The molecule has 5 nitrogen and oxygen atoms in total. The number of carbonyl (C=O) groups is 2. The van der Waals surface area contributed by atoms with Crippen molar-refractivity contribution >= 4 is 23.4 Å². The van der Waals surface area contributed by atoms with E-state index in [4.69, 9.17) is 16.3 Å². The summed E-state index contributed by atoms with van der Waals surface area (Å²) in [5, 5.41) is 3.61. The van der Waals surface area contributed by atoms with E-state index in [1.165, 1.54) is 0 Å². The van der Waals surface area contributed by atoms with Crippen LogP contribution in [0, 0.1) is 0 Å². The maximum Gasteiger partial charge on any atom is 0.243 e. The van der Waals surface area contributed by atoms with Crippen LogP contribution < -0.4 is 10.1 Å². The first-order valence-electron chi connectivity index (χ1n) is 10.3. The summed E-state index contributed by atoms with van der Waals surface area (Å²) >= 11 is 6.08. The van der Waals surface area contributed by atoms with Gasteiger partial charge in [-0.1, -0.05) is 49.7 Å². The van der Waals surface area contributed by atoms with E-state index in [0.717, 1.165) is 23.3 Å². The average molecular weight is 431 g/mol. The zero-order valence-electron chi connectivity index (χ0n) is 18.2. The molecule has 0 radical (unpaired) electrons. The van der Waals surface area contributed by atoms with Gasteiger partial charge in [-0.25, -0.2) is 0 Å². The van der Waals surface area contributed by atoms with Crippen molar-refractivity contribution < 1.29 is 14.3 Å². The van der Waals surface area contributed by atoms with Gasteiger partial charge in [0.25, 0.3) is 0 Å². The zero-order valence-corrected chi connectivity index (χ0v) is 18.9. The van der Waals surface area contributed by atoms with E-state index in [2.05, 4.69) is 5.32 Å². The maximum atomic E-state index is 13.3. The van der Waals surface area contributed by atoms with Gasteiger partial charge >= 0.3 is 0 Å². The van der Waals surface area contributed by atoms with Crippen LogP contribution in [-0.2, 0) is 22.6 Å². The van der Waals surface area contributed by atoms with Crippen LogP contribution in [0.3, 0.4) is 0 Å². The molecule has 0 spiro atoms. The predicted molar refractivity (Wildman–Crippen MR) is 121 cm³/mol. The number of rotatable bonds is 10. The molecule has 2 amide bonds. The van der Waals surface area contributed by atoms with Crippen LogP contribution in [0.2, 0.25) is 5.02 Å². The van der Waals surface area contributed by atoms with Crippen LogP contribution >= 0.6 is 11.6 Å². The van der Waals surface area contributed by atoms with Crippen molar-refractivity contribution in [1.82, 2.24) is 10.2 Å². The van der Waals surface area contributed by atoms with Gasteiger partial charge in [-0.05, 0) is 55.2 Å². The number of hydrogen-bond donors (Lipinski definition) is 1. The third-order valence-electron chi connectivity index (χ3n) is 5.14. The number of amides is 2. The van der Waals surface area contributed by atoms with E-state index in [-0.39, 0.29) is 24.3 Å². The van der Waals surface area contributed by atoms with Crippen molar-refractivity contribution in [3.63, 3.8) is 0 Å². The topological polar surface area (TPSA) is 58.6 Å². The smallest absolute Gasteiger partial charge is 0.243 e. The molecule has 162 valence electrons. The SMILES string of the molecule is CC[C@@H](C)NC(=O)[C@@H](CC)N(Cc1ccc(OC)cc1)C(=O)Cc1cccc(Cl)c1. The fraction of sp³-hybridized carbons (Fsp3) is 0.417. The quantitative estimate of drug-likeness (QED) is 0.598. The molecule has 0 fully saturated rings. The second kappa shape index (κ2) is 11.6. The molecule has 2 atom stereocenters. The zero-order chi connectivity index (χ0) is 22.1. The number of hydrogen-bond acceptors (Lipinski definition) is 3. The third-order valence-corrected chi connectivity index (χ3v) is 5.38. The van der Waals surface area contributed by atoms with Gasteiger partial charge in [-0.2, -0.15) is 0 Å². The molecule has 6 heteroatoms. The van der Waals surface area contributed by atoms with Gasteiger partial charge in [0.15, 0.2) is 0 Å². The molecule has 0 aliphatic heterocycles. The van der Waals surface area contributed by atoms with Crippen molar-refractivity contribution in [2.24, 2.45) is 0 Å². The number of carbonyl (C=O) groups excluding carboxylic acids is 2. The number of ether oxygens (including phenoxy) is 1. The Bertz CT molecular complexity index is 839. The second-order valence-corrected chi connectivity index (χ2v) is 7.85. The molecule has 0 aliphatic rings. The molecule has 30 heavy (non-hydrogen) atoms. The Balaban J connectivity index is 2.28. The normalized spacial score (nSPS) is 12.7. The summed E-state index contributed by atoms with van der Waals surface area (Å²) in [6, 6.07) is 14.3.